The number of carbonyl (C=O) groups is 1. The first-order valence-electron chi connectivity index (χ1n) is 9.09. The molecule has 3 aromatic rings. The fraction of sp³-hybridized carbons (Fsp3) is 0.227. The van der Waals surface area contributed by atoms with Crippen LogP contribution in [-0.2, 0) is 32.7 Å². The summed E-state index contributed by atoms with van der Waals surface area (Å²) in [4.78, 5) is 17.7. The van der Waals surface area contributed by atoms with Gasteiger partial charge in [0.25, 0.3) is 5.91 Å². The van der Waals surface area contributed by atoms with E-state index in [1.807, 2.05) is 62.4 Å². The molecule has 6 heteroatoms. The number of aromatic nitrogens is 1. The van der Waals surface area contributed by atoms with Gasteiger partial charge in [-0.05, 0) is 6.92 Å². The third-order valence-electron chi connectivity index (χ3n) is 3.83. The minimum Gasteiger partial charge on any atom is -0.385 e. The van der Waals surface area contributed by atoms with Crippen molar-refractivity contribution >= 4 is 28.1 Å². The van der Waals surface area contributed by atoms with Gasteiger partial charge in [-0.15, -0.1) is 5.56 Å². The van der Waals surface area contributed by atoms with Gasteiger partial charge in [0.15, 0.2) is 5.13 Å². The molecule has 0 unspecified atom stereocenters. The number of carbonyl (C=O) groups excluding carboxylic acids is 1. The molecule has 1 aliphatic rings. The van der Waals surface area contributed by atoms with Crippen LogP contribution in [0.2, 0.25) is 0 Å². The molecule has 4 nitrogen and oxygen atoms in total. The molecule has 2 aromatic carbocycles. The Balaban J connectivity index is 0.000000640. The van der Waals surface area contributed by atoms with Gasteiger partial charge in [0.2, 0.25) is 0 Å². The van der Waals surface area contributed by atoms with Crippen molar-refractivity contribution < 1.29 is 37.5 Å². The molecule has 0 atom stereocenters. The molecule has 1 aromatic heterocycles. The van der Waals surface area contributed by atoms with E-state index < -0.39 is 0 Å². The van der Waals surface area contributed by atoms with Crippen molar-refractivity contribution in [3.63, 3.8) is 0 Å². The first-order chi connectivity index (χ1) is 13.2. The summed E-state index contributed by atoms with van der Waals surface area (Å²) >= 11 is 1.36. The largest absolute Gasteiger partial charge is 0.385 e. The molecule has 0 spiro atoms. The Labute approximate surface area is 196 Å². The number of amides is 1. The molecule has 143 valence electrons. The standard InChI is InChI=1S/C19H18N3OS.C3H5.Y/c1-3-20-18(23)17-16(14-10-5-4-6-11-14)22-19(24-17)21-15-12-8-7-9-13(15)2;1-2-3-1;/h4-7,9-12H,3H2,1-2H3,(H,20,23)(H,21,22);1H,2-3H2;/q2*-1;. The normalized spacial score (nSPS) is 11.5. The Morgan fingerprint density at radius 1 is 1.25 bits per heavy atom. The van der Waals surface area contributed by atoms with Crippen molar-refractivity contribution in [1.29, 1.82) is 0 Å². The summed E-state index contributed by atoms with van der Waals surface area (Å²) in [6.07, 6.45) is 5.00. The van der Waals surface area contributed by atoms with E-state index in [2.05, 4.69) is 28.1 Å². The SMILES string of the molecule is CCNC(=O)c1sc(Nc2c[c-]ccc2C)nc1-c1ccccc1.[CH-]1CC1.[Y]. The second-order valence-electron chi connectivity index (χ2n) is 6.15. The minimum absolute atomic E-state index is 0. The van der Waals surface area contributed by atoms with E-state index in [-0.39, 0.29) is 38.6 Å². The Kier molecular flexibility index (Phi) is 9.29. The maximum Gasteiger partial charge on any atom is 0.263 e. The fourth-order valence-electron chi connectivity index (χ4n) is 2.32. The first kappa shape index (κ1) is 22.7. The molecular weight excluding hydrogens is 443 g/mol. The third-order valence-corrected chi connectivity index (χ3v) is 4.80. The van der Waals surface area contributed by atoms with E-state index in [1.165, 1.54) is 24.2 Å². The van der Waals surface area contributed by atoms with Crippen molar-refractivity contribution in [2.24, 2.45) is 0 Å². The van der Waals surface area contributed by atoms with Crippen LogP contribution < -0.4 is 10.6 Å². The quantitative estimate of drug-likeness (QED) is 0.496. The Hall–Kier alpha value is -1.56. The van der Waals surface area contributed by atoms with Crippen LogP contribution in [0.25, 0.3) is 11.3 Å². The molecule has 1 saturated carbocycles. The van der Waals surface area contributed by atoms with Crippen LogP contribution in [0.4, 0.5) is 10.8 Å². The van der Waals surface area contributed by atoms with E-state index >= 15 is 0 Å². The fourth-order valence-corrected chi connectivity index (χ4v) is 3.23. The van der Waals surface area contributed by atoms with Crippen LogP contribution in [0, 0.1) is 19.4 Å². The molecule has 0 aliphatic heterocycles. The molecular formula is C22H23N3OSY-2. The topological polar surface area (TPSA) is 54.0 Å². The van der Waals surface area contributed by atoms with Gasteiger partial charge in [-0.2, -0.15) is 24.3 Å². The van der Waals surface area contributed by atoms with Gasteiger partial charge in [-0.1, -0.05) is 54.3 Å². The molecule has 0 saturated heterocycles. The number of hydrogen-bond donors (Lipinski definition) is 2. The van der Waals surface area contributed by atoms with Gasteiger partial charge in [0.05, 0.1) is 5.69 Å². The van der Waals surface area contributed by atoms with Gasteiger partial charge in [0.1, 0.15) is 4.88 Å². The van der Waals surface area contributed by atoms with E-state index in [0.29, 0.717) is 22.2 Å². The predicted molar refractivity (Wildman–Crippen MR) is 112 cm³/mol. The molecule has 1 aliphatic carbocycles. The zero-order chi connectivity index (χ0) is 19.1. The van der Waals surface area contributed by atoms with Gasteiger partial charge in [-0.25, -0.2) is 17.8 Å². The maximum absolute atomic E-state index is 12.4. The van der Waals surface area contributed by atoms with Gasteiger partial charge in [-0.3, -0.25) is 4.79 Å². The maximum atomic E-state index is 12.4. The summed E-state index contributed by atoms with van der Waals surface area (Å²) in [7, 11) is 0. The average molecular weight is 466 g/mol. The summed E-state index contributed by atoms with van der Waals surface area (Å²) in [6, 6.07) is 18.6. The molecule has 28 heavy (non-hydrogen) atoms. The van der Waals surface area contributed by atoms with Gasteiger partial charge in [0, 0.05) is 44.8 Å². The number of benzene rings is 2. The average Bonchev–Trinajstić information content (AvgIpc) is 3.51. The van der Waals surface area contributed by atoms with E-state index in [0.717, 1.165) is 16.8 Å². The third kappa shape index (κ3) is 6.51. The van der Waals surface area contributed by atoms with Crippen LogP contribution in [0.15, 0.2) is 48.5 Å². The van der Waals surface area contributed by atoms with Gasteiger partial charge >= 0.3 is 0 Å². The van der Waals surface area contributed by atoms with Crippen LogP contribution in [-0.4, -0.2) is 17.4 Å². The van der Waals surface area contributed by atoms with Crippen LogP contribution in [0.5, 0.6) is 0 Å². The number of anilines is 2. The number of nitrogens with zero attached hydrogens (tertiary/aromatic N) is 1. The number of aryl methyl sites for hydroxylation is 1. The number of nitrogens with one attached hydrogen (secondary N) is 2. The molecule has 2 N–H and O–H groups in total. The molecule has 1 heterocycles. The Morgan fingerprint density at radius 2 is 1.96 bits per heavy atom. The zero-order valence-electron chi connectivity index (χ0n) is 16.2. The second-order valence-corrected chi connectivity index (χ2v) is 7.15. The molecule has 1 fully saturated rings. The van der Waals surface area contributed by atoms with Crippen molar-refractivity contribution in [2.45, 2.75) is 26.7 Å². The van der Waals surface area contributed by atoms with E-state index in [4.69, 9.17) is 0 Å². The van der Waals surface area contributed by atoms with E-state index in [9.17, 15) is 4.79 Å². The van der Waals surface area contributed by atoms with Crippen LogP contribution >= 0.6 is 11.3 Å². The molecule has 0 bridgehead atoms. The number of thiazole rings is 1. The van der Waals surface area contributed by atoms with Crippen LogP contribution in [0.1, 0.15) is 35.0 Å². The number of rotatable bonds is 5. The van der Waals surface area contributed by atoms with Crippen molar-refractivity contribution in [3.05, 3.63) is 71.5 Å². The summed E-state index contributed by atoms with van der Waals surface area (Å²) in [6.45, 7) is 4.51. The molecule has 1 amide bonds. The number of hydrogen-bond acceptors (Lipinski definition) is 4. The van der Waals surface area contributed by atoms with Crippen molar-refractivity contribution in [2.75, 3.05) is 11.9 Å². The summed E-state index contributed by atoms with van der Waals surface area (Å²) < 4.78 is 0. The smallest absolute Gasteiger partial charge is 0.263 e. The molecule has 1 radical (unpaired) electrons. The Morgan fingerprint density at radius 3 is 2.57 bits per heavy atom. The molecule has 4 rings (SSSR count). The van der Waals surface area contributed by atoms with Crippen molar-refractivity contribution in [1.82, 2.24) is 10.3 Å². The van der Waals surface area contributed by atoms with Crippen LogP contribution in [0.3, 0.4) is 0 Å². The second kappa shape index (κ2) is 11.4. The minimum atomic E-state index is -0.0988. The summed E-state index contributed by atoms with van der Waals surface area (Å²) in [5.41, 5.74) is 3.67. The zero-order valence-corrected chi connectivity index (χ0v) is 19.8. The summed E-state index contributed by atoms with van der Waals surface area (Å²) in [5, 5.41) is 6.85. The summed E-state index contributed by atoms with van der Waals surface area (Å²) in [5.74, 6) is -0.0988. The Bertz CT molecular complexity index is 891. The van der Waals surface area contributed by atoms with Crippen molar-refractivity contribution in [3.8, 4) is 11.3 Å². The monoisotopic (exact) mass is 466 g/mol. The van der Waals surface area contributed by atoms with E-state index in [1.54, 1.807) is 0 Å². The van der Waals surface area contributed by atoms with Gasteiger partial charge < -0.3 is 17.1 Å². The first-order valence-corrected chi connectivity index (χ1v) is 9.90. The predicted octanol–water partition coefficient (Wildman–Crippen LogP) is 5.39.